The highest BCUT2D eigenvalue weighted by molar-refractivity contribution is 5.98. The van der Waals surface area contributed by atoms with Gasteiger partial charge < -0.3 is 15.4 Å². The molecule has 30 heavy (non-hydrogen) atoms. The number of carbonyl (C=O) groups is 3. The number of carbonyl (C=O) groups excluding carboxylic acids is 3. The summed E-state index contributed by atoms with van der Waals surface area (Å²) in [7, 11) is 0. The molecular weight excluding hydrogens is 382 g/mol. The van der Waals surface area contributed by atoms with Gasteiger partial charge in [-0.2, -0.15) is 5.26 Å². The van der Waals surface area contributed by atoms with Crippen molar-refractivity contribution in [2.24, 2.45) is 0 Å². The molecule has 0 spiro atoms. The van der Waals surface area contributed by atoms with Gasteiger partial charge in [0.05, 0.1) is 11.6 Å². The van der Waals surface area contributed by atoms with Crippen LogP contribution in [0.1, 0.15) is 54.6 Å². The smallest absolute Gasteiger partial charge is 0.338 e. The molecule has 0 aliphatic heterocycles. The number of benzene rings is 2. The van der Waals surface area contributed by atoms with E-state index in [0.29, 0.717) is 5.69 Å². The largest absolute Gasteiger partial charge is 0.449 e. The van der Waals surface area contributed by atoms with Gasteiger partial charge in [0.2, 0.25) is 5.91 Å². The lowest BCUT2D eigenvalue weighted by molar-refractivity contribution is -0.123. The number of anilines is 2. The van der Waals surface area contributed by atoms with Crippen LogP contribution in [0.2, 0.25) is 0 Å². The molecule has 156 valence electrons. The van der Waals surface area contributed by atoms with Crippen molar-refractivity contribution in [3.8, 4) is 6.07 Å². The molecule has 0 saturated heterocycles. The molecule has 2 aromatic carbocycles. The number of rotatable bonds is 7. The number of hydrogen-bond acceptors (Lipinski definition) is 5. The highest BCUT2D eigenvalue weighted by Crippen LogP contribution is 2.27. The number of ether oxygens (including phenoxy) is 1. The number of nitrogens with zero attached hydrogens (tertiary/aromatic N) is 1. The lowest BCUT2D eigenvalue weighted by Gasteiger charge is -2.19. The van der Waals surface area contributed by atoms with Crippen molar-refractivity contribution in [1.29, 1.82) is 5.26 Å². The first-order valence-corrected chi connectivity index (χ1v) is 9.61. The number of esters is 1. The summed E-state index contributed by atoms with van der Waals surface area (Å²) in [6.45, 7) is 7.51. The molecule has 0 unspecified atom stereocenters. The van der Waals surface area contributed by atoms with E-state index in [1.165, 1.54) is 31.2 Å². The first-order valence-electron chi connectivity index (χ1n) is 9.61. The maximum absolute atomic E-state index is 12.6. The predicted octanol–water partition coefficient (Wildman–Crippen LogP) is 4.15. The molecule has 2 rings (SSSR count). The normalized spacial score (nSPS) is 11.3. The summed E-state index contributed by atoms with van der Waals surface area (Å²) in [4.78, 5) is 36.4. The van der Waals surface area contributed by atoms with Gasteiger partial charge in [0, 0.05) is 11.4 Å². The Morgan fingerprint density at radius 3 is 2.30 bits per heavy atom. The van der Waals surface area contributed by atoms with E-state index in [9.17, 15) is 14.4 Å². The average molecular weight is 407 g/mol. The van der Waals surface area contributed by atoms with Crippen molar-refractivity contribution < 1.29 is 19.1 Å². The van der Waals surface area contributed by atoms with E-state index in [1.54, 1.807) is 6.07 Å². The third-order valence-corrected chi connectivity index (χ3v) is 4.47. The van der Waals surface area contributed by atoms with Gasteiger partial charge in [-0.3, -0.25) is 9.59 Å². The molecule has 2 N–H and O–H groups in total. The highest BCUT2D eigenvalue weighted by atomic mass is 16.5. The number of amides is 2. The van der Waals surface area contributed by atoms with Crippen molar-refractivity contribution in [2.45, 2.75) is 46.1 Å². The fourth-order valence-electron chi connectivity index (χ4n) is 2.82. The fraction of sp³-hybridized carbons (Fsp3) is 0.304. The van der Waals surface area contributed by atoms with Crippen LogP contribution in [-0.4, -0.2) is 23.9 Å². The summed E-state index contributed by atoms with van der Waals surface area (Å²) < 4.78 is 5.29. The van der Waals surface area contributed by atoms with Crippen LogP contribution in [0.5, 0.6) is 0 Å². The Balaban J connectivity index is 2.01. The van der Waals surface area contributed by atoms with Gasteiger partial charge in [-0.15, -0.1) is 0 Å². The minimum Gasteiger partial charge on any atom is -0.449 e. The zero-order chi connectivity index (χ0) is 22.3. The first kappa shape index (κ1) is 22.6. The van der Waals surface area contributed by atoms with E-state index in [4.69, 9.17) is 10.00 Å². The molecule has 0 aromatic heterocycles. The molecular formula is C23H25N3O4. The zero-order valence-electron chi connectivity index (χ0n) is 17.5. The Kier molecular flexibility index (Phi) is 7.70. The molecule has 0 saturated carbocycles. The minimum absolute atomic E-state index is 0.227. The fourth-order valence-corrected chi connectivity index (χ4v) is 2.82. The van der Waals surface area contributed by atoms with Crippen LogP contribution in [0, 0.1) is 18.3 Å². The van der Waals surface area contributed by atoms with Crippen LogP contribution in [0.25, 0.3) is 0 Å². The molecule has 0 fully saturated rings. The van der Waals surface area contributed by atoms with Crippen molar-refractivity contribution in [3.05, 3.63) is 59.2 Å². The molecule has 2 aromatic rings. The van der Waals surface area contributed by atoms with Gasteiger partial charge >= 0.3 is 5.97 Å². The Labute approximate surface area is 176 Å². The summed E-state index contributed by atoms with van der Waals surface area (Å²) in [5.41, 5.74) is 3.38. The number of nitriles is 1. The van der Waals surface area contributed by atoms with E-state index in [2.05, 4.69) is 10.6 Å². The van der Waals surface area contributed by atoms with E-state index in [0.717, 1.165) is 16.8 Å². The summed E-state index contributed by atoms with van der Waals surface area (Å²) in [5.74, 6) is -1.28. The van der Waals surface area contributed by atoms with Crippen LogP contribution >= 0.6 is 0 Å². The van der Waals surface area contributed by atoms with Gasteiger partial charge in [0.25, 0.3) is 5.91 Å². The second-order valence-electron chi connectivity index (χ2n) is 7.19. The molecule has 2 amide bonds. The molecule has 0 radical (unpaired) electrons. The van der Waals surface area contributed by atoms with Gasteiger partial charge in [-0.1, -0.05) is 32.0 Å². The average Bonchev–Trinajstić information content (AvgIpc) is 2.69. The lowest BCUT2D eigenvalue weighted by Crippen LogP contribution is -2.30. The Bertz CT molecular complexity index is 975. The van der Waals surface area contributed by atoms with Crippen molar-refractivity contribution >= 4 is 29.2 Å². The van der Waals surface area contributed by atoms with Crippen molar-refractivity contribution in [2.75, 3.05) is 10.6 Å². The standard InChI is InChI=1S/C23H25N3O4/c1-14(2)19-7-5-6-15(3)21(19)26-22(28)16(4)30-23(29)17-8-10-18(11-9-17)25-20(27)12-13-24/h5-11,14,16H,12H2,1-4H3,(H,25,27)(H,26,28)/t16-/m1/s1. The third kappa shape index (κ3) is 5.92. The van der Waals surface area contributed by atoms with E-state index < -0.39 is 23.9 Å². The minimum atomic E-state index is -0.993. The summed E-state index contributed by atoms with van der Waals surface area (Å²) in [6, 6.07) is 13.6. The Hall–Kier alpha value is -3.66. The topological polar surface area (TPSA) is 108 Å². The molecule has 0 heterocycles. The maximum Gasteiger partial charge on any atom is 0.338 e. The SMILES string of the molecule is Cc1cccc(C(C)C)c1NC(=O)[C@@H](C)OC(=O)c1ccc(NC(=O)CC#N)cc1. The number of hydrogen-bond donors (Lipinski definition) is 2. The Morgan fingerprint density at radius 1 is 1.03 bits per heavy atom. The monoisotopic (exact) mass is 407 g/mol. The number of nitrogens with one attached hydrogen (secondary N) is 2. The lowest BCUT2D eigenvalue weighted by atomic mass is 9.98. The van der Waals surface area contributed by atoms with Crippen LogP contribution in [0.3, 0.4) is 0 Å². The van der Waals surface area contributed by atoms with Gasteiger partial charge in [0.15, 0.2) is 6.10 Å². The maximum atomic E-state index is 12.6. The molecule has 0 aliphatic carbocycles. The highest BCUT2D eigenvalue weighted by Gasteiger charge is 2.21. The summed E-state index contributed by atoms with van der Waals surface area (Å²) in [6.07, 6.45) is -1.25. The molecule has 1 atom stereocenters. The predicted molar refractivity (Wildman–Crippen MR) is 114 cm³/mol. The number of para-hydroxylation sites is 1. The molecule has 7 heteroatoms. The zero-order valence-corrected chi connectivity index (χ0v) is 17.5. The Morgan fingerprint density at radius 2 is 1.70 bits per heavy atom. The van der Waals surface area contributed by atoms with Gasteiger partial charge in [0.1, 0.15) is 6.42 Å². The number of aryl methyl sites for hydroxylation is 1. The van der Waals surface area contributed by atoms with Crippen LogP contribution < -0.4 is 10.6 Å². The van der Waals surface area contributed by atoms with Crippen LogP contribution in [0.15, 0.2) is 42.5 Å². The second kappa shape index (κ2) is 10.2. The van der Waals surface area contributed by atoms with E-state index >= 15 is 0 Å². The molecule has 0 bridgehead atoms. The molecule has 7 nitrogen and oxygen atoms in total. The summed E-state index contributed by atoms with van der Waals surface area (Å²) >= 11 is 0. The van der Waals surface area contributed by atoms with Gasteiger partial charge in [-0.25, -0.2) is 4.79 Å². The van der Waals surface area contributed by atoms with Gasteiger partial charge in [-0.05, 0) is 55.2 Å². The third-order valence-electron chi connectivity index (χ3n) is 4.47. The van der Waals surface area contributed by atoms with Crippen molar-refractivity contribution in [3.63, 3.8) is 0 Å². The van der Waals surface area contributed by atoms with Crippen LogP contribution in [-0.2, 0) is 14.3 Å². The van der Waals surface area contributed by atoms with E-state index in [-0.39, 0.29) is 17.9 Å². The molecule has 0 aliphatic rings. The first-order chi connectivity index (χ1) is 14.2. The van der Waals surface area contributed by atoms with Crippen molar-refractivity contribution in [1.82, 2.24) is 0 Å². The second-order valence-corrected chi connectivity index (χ2v) is 7.19. The quantitative estimate of drug-likeness (QED) is 0.670. The van der Waals surface area contributed by atoms with Crippen LogP contribution in [0.4, 0.5) is 11.4 Å². The van der Waals surface area contributed by atoms with E-state index in [1.807, 2.05) is 39.0 Å². The summed E-state index contributed by atoms with van der Waals surface area (Å²) in [5, 5.41) is 13.9.